The largest absolute Gasteiger partial charge is 0.419 e. The highest BCUT2D eigenvalue weighted by atomic mass is 16.5. The summed E-state index contributed by atoms with van der Waals surface area (Å²) in [6.07, 6.45) is 1.47. The minimum absolute atomic E-state index is 0.105. The maximum Gasteiger partial charge on any atom is 0.419 e. The summed E-state index contributed by atoms with van der Waals surface area (Å²) in [5.41, 5.74) is 2.53. The Labute approximate surface area is 143 Å². The molecule has 0 spiro atoms. The van der Waals surface area contributed by atoms with Crippen molar-refractivity contribution in [2.45, 2.75) is 13.0 Å². The predicted molar refractivity (Wildman–Crippen MR) is 89.4 cm³/mol. The number of hydrogen-bond acceptors (Lipinski definition) is 5. The van der Waals surface area contributed by atoms with Gasteiger partial charge in [0, 0.05) is 31.0 Å². The first kappa shape index (κ1) is 15.6. The Kier molecular flexibility index (Phi) is 3.69. The van der Waals surface area contributed by atoms with Crippen LogP contribution in [0.1, 0.15) is 28.0 Å². The van der Waals surface area contributed by atoms with Crippen LogP contribution in [0.15, 0.2) is 33.6 Å². The second-order valence-corrected chi connectivity index (χ2v) is 6.17. The molecule has 1 atom stereocenters. The van der Waals surface area contributed by atoms with Gasteiger partial charge in [-0.1, -0.05) is 0 Å². The van der Waals surface area contributed by atoms with E-state index in [1.165, 1.54) is 4.57 Å². The third-order valence-electron chi connectivity index (χ3n) is 4.42. The number of oxazole rings is 1. The summed E-state index contributed by atoms with van der Waals surface area (Å²) in [4.78, 5) is 33.7. The fourth-order valence-corrected chi connectivity index (χ4v) is 3.04. The van der Waals surface area contributed by atoms with Gasteiger partial charge in [-0.25, -0.2) is 9.78 Å². The van der Waals surface area contributed by atoms with Crippen molar-refractivity contribution in [3.8, 4) is 0 Å². The van der Waals surface area contributed by atoms with E-state index in [0.29, 0.717) is 36.4 Å². The minimum Gasteiger partial charge on any atom is -0.408 e. The lowest BCUT2D eigenvalue weighted by atomic mass is 10.1. The van der Waals surface area contributed by atoms with Crippen molar-refractivity contribution in [2.24, 2.45) is 7.05 Å². The molecule has 1 fully saturated rings. The van der Waals surface area contributed by atoms with Gasteiger partial charge in [-0.15, -0.1) is 0 Å². The van der Waals surface area contributed by atoms with Gasteiger partial charge in [0.05, 0.1) is 18.7 Å². The third-order valence-corrected chi connectivity index (χ3v) is 4.42. The van der Waals surface area contributed by atoms with E-state index in [0.717, 1.165) is 11.5 Å². The summed E-state index contributed by atoms with van der Waals surface area (Å²) in [5, 5.41) is 0. The highest BCUT2D eigenvalue weighted by Gasteiger charge is 2.28. The third kappa shape index (κ3) is 2.74. The SMILES string of the molecule is Cc1cnc(C2CN(C(=O)c3ccc4oc(=O)n(C)c4c3)CCO2)[nH]1. The summed E-state index contributed by atoms with van der Waals surface area (Å²) in [6.45, 7) is 3.31. The molecule has 8 nitrogen and oxygen atoms in total. The number of aryl methyl sites for hydroxylation is 2. The summed E-state index contributed by atoms with van der Waals surface area (Å²) in [7, 11) is 1.62. The van der Waals surface area contributed by atoms with Gasteiger partial charge in [-0.05, 0) is 25.1 Å². The Morgan fingerprint density at radius 3 is 3.00 bits per heavy atom. The number of morpholine rings is 1. The van der Waals surface area contributed by atoms with Crippen LogP contribution in [-0.4, -0.2) is 45.0 Å². The molecule has 0 bridgehead atoms. The molecule has 25 heavy (non-hydrogen) atoms. The van der Waals surface area contributed by atoms with Crippen molar-refractivity contribution >= 4 is 17.0 Å². The minimum atomic E-state index is -0.445. The predicted octanol–water partition coefficient (Wildman–Crippen LogP) is 1.38. The lowest BCUT2D eigenvalue weighted by Crippen LogP contribution is -2.42. The van der Waals surface area contributed by atoms with Crippen molar-refractivity contribution in [1.82, 2.24) is 19.4 Å². The van der Waals surface area contributed by atoms with Crippen molar-refractivity contribution in [1.29, 1.82) is 0 Å². The number of nitrogens with one attached hydrogen (secondary N) is 1. The number of carbonyl (C=O) groups is 1. The number of carbonyl (C=O) groups excluding carboxylic acids is 1. The molecule has 2 aromatic heterocycles. The quantitative estimate of drug-likeness (QED) is 0.759. The zero-order chi connectivity index (χ0) is 17.6. The van der Waals surface area contributed by atoms with E-state index in [4.69, 9.17) is 9.15 Å². The van der Waals surface area contributed by atoms with E-state index in [2.05, 4.69) is 9.97 Å². The molecule has 4 rings (SSSR count). The van der Waals surface area contributed by atoms with Gasteiger partial charge in [0.25, 0.3) is 5.91 Å². The smallest absolute Gasteiger partial charge is 0.408 e. The molecule has 1 aliphatic heterocycles. The number of rotatable bonds is 2. The number of ether oxygens (including phenoxy) is 1. The van der Waals surface area contributed by atoms with E-state index in [-0.39, 0.29) is 12.0 Å². The van der Waals surface area contributed by atoms with E-state index in [9.17, 15) is 9.59 Å². The Morgan fingerprint density at radius 2 is 2.24 bits per heavy atom. The van der Waals surface area contributed by atoms with Gasteiger partial charge < -0.3 is 19.0 Å². The summed E-state index contributed by atoms with van der Waals surface area (Å²) in [5.74, 6) is 0.175. The van der Waals surface area contributed by atoms with Crippen LogP contribution in [0.5, 0.6) is 0 Å². The van der Waals surface area contributed by atoms with Gasteiger partial charge in [-0.3, -0.25) is 9.36 Å². The van der Waals surface area contributed by atoms with Crippen molar-refractivity contribution in [3.05, 3.63) is 52.0 Å². The van der Waals surface area contributed by atoms with Crippen LogP contribution in [0, 0.1) is 6.92 Å². The van der Waals surface area contributed by atoms with E-state index in [1.54, 1.807) is 36.3 Å². The summed E-state index contributed by atoms with van der Waals surface area (Å²) in [6, 6.07) is 5.01. The first-order chi connectivity index (χ1) is 12.0. The van der Waals surface area contributed by atoms with Crippen LogP contribution < -0.4 is 5.76 Å². The maximum atomic E-state index is 12.9. The fraction of sp³-hybridized carbons (Fsp3) is 0.353. The monoisotopic (exact) mass is 342 g/mol. The van der Waals surface area contributed by atoms with Crippen molar-refractivity contribution < 1.29 is 13.9 Å². The molecule has 1 unspecified atom stereocenters. The molecular formula is C17H18N4O4. The van der Waals surface area contributed by atoms with Crippen molar-refractivity contribution in [2.75, 3.05) is 19.7 Å². The molecule has 0 saturated carbocycles. The molecule has 3 heterocycles. The molecule has 1 amide bonds. The van der Waals surface area contributed by atoms with Crippen LogP contribution in [0.2, 0.25) is 0 Å². The van der Waals surface area contributed by atoms with Crippen LogP contribution in [0.4, 0.5) is 0 Å². The average molecular weight is 342 g/mol. The normalized spacial score (nSPS) is 18.0. The number of hydrogen-bond donors (Lipinski definition) is 1. The highest BCUT2D eigenvalue weighted by molar-refractivity contribution is 5.97. The Balaban J connectivity index is 1.59. The van der Waals surface area contributed by atoms with Gasteiger partial charge in [-0.2, -0.15) is 0 Å². The number of amides is 1. The zero-order valence-corrected chi connectivity index (χ0v) is 14.0. The van der Waals surface area contributed by atoms with E-state index < -0.39 is 5.76 Å². The number of nitrogens with zero attached hydrogens (tertiary/aromatic N) is 3. The highest BCUT2D eigenvalue weighted by Crippen LogP contribution is 2.22. The standard InChI is InChI=1S/C17H18N4O4/c1-10-8-18-15(19-10)14-9-21(5-6-24-14)16(22)11-3-4-13-12(7-11)20(2)17(23)25-13/h3-4,7-8,14H,5-6,9H2,1-2H3,(H,18,19). The van der Waals surface area contributed by atoms with Crippen molar-refractivity contribution in [3.63, 3.8) is 0 Å². The molecule has 8 heteroatoms. The van der Waals surface area contributed by atoms with Gasteiger partial charge in [0.15, 0.2) is 5.58 Å². The Morgan fingerprint density at radius 1 is 1.40 bits per heavy atom. The maximum absolute atomic E-state index is 12.9. The molecule has 1 aliphatic rings. The lowest BCUT2D eigenvalue weighted by molar-refractivity contribution is -0.0264. The van der Waals surface area contributed by atoms with Gasteiger partial charge >= 0.3 is 5.76 Å². The zero-order valence-electron chi connectivity index (χ0n) is 14.0. The number of imidazole rings is 1. The molecule has 1 N–H and O–H groups in total. The van der Waals surface area contributed by atoms with Crippen LogP contribution in [0.25, 0.3) is 11.1 Å². The molecular weight excluding hydrogens is 324 g/mol. The second kappa shape index (κ2) is 5.89. The molecule has 3 aromatic rings. The lowest BCUT2D eigenvalue weighted by Gasteiger charge is -2.32. The molecule has 0 aliphatic carbocycles. The van der Waals surface area contributed by atoms with Crippen LogP contribution in [0.3, 0.4) is 0 Å². The van der Waals surface area contributed by atoms with Gasteiger partial charge in [0.1, 0.15) is 11.9 Å². The topological polar surface area (TPSA) is 93.4 Å². The first-order valence-electron chi connectivity index (χ1n) is 8.05. The number of aromatic amines is 1. The number of aromatic nitrogens is 3. The summed E-state index contributed by atoms with van der Waals surface area (Å²) >= 11 is 0. The number of fused-ring (bicyclic) bond motifs is 1. The fourth-order valence-electron chi connectivity index (χ4n) is 3.04. The van der Waals surface area contributed by atoms with Crippen LogP contribution >= 0.6 is 0 Å². The molecule has 130 valence electrons. The first-order valence-corrected chi connectivity index (χ1v) is 8.05. The molecule has 1 saturated heterocycles. The average Bonchev–Trinajstić information content (AvgIpc) is 3.18. The molecule has 1 aromatic carbocycles. The number of H-pyrrole nitrogens is 1. The number of benzene rings is 1. The van der Waals surface area contributed by atoms with Crippen LogP contribution in [-0.2, 0) is 11.8 Å². The van der Waals surface area contributed by atoms with E-state index in [1.807, 2.05) is 6.92 Å². The molecule has 0 radical (unpaired) electrons. The Hall–Kier alpha value is -2.87. The second-order valence-electron chi connectivity index (χ2n) is 6.17. The summed E-state index contributed by atoms with van der Waals surface area (Å²) < 4.78 is 12.2. The van der Waals surface area contributed by atoms with Gasteiger partial charge in [0.2, 0.25) is 0 Å². The van der Waals surface area contributed by atoms with E-state index >= 15 is 0 Å². The Bertz CT molecular complexity index is 1000.